The molecule has 0 bridgehead atoms. The highest BCUT2D eigenvalue weighted by Gasteiger charge is 2.29. The van der Waals surface area contributed by atoms with Gasteiger partial charge in [-0.15, -0.1) is 0 Å². The first kappa shape index (κ1) is 27.4. The van der Waals surface area contributed by atoms with Crippen LogP contribution in [0.15, 0.2) is 9.98 Å². The number of aliphatic imine (C=N–C) groups is 2. The number of nitrogens with zero attached hydrogens (tertiary/aromatic N) is 2. The van der Waals surface area contributed by atoms with Gasteiger partial charge in [-0.05, 0) is 25.7 Å². The fourth-order valence-corrected chi connectivity index (χ4v) is 2.35. The molecule has 0 fully saturated rings. The van der Waals surface area contributed by atoms with Crippen molar-refractivity contribution < 1.29 is 29.4 Å². The molecule has 0 radical (unpaired) electrons. The number of nitrogens with two attached hydrogens (primary N) is 5. The quantitative estimate of drug-likeness (QED) is 0.0663. The Bertz CT molecular complexity index is 689. The fraction of sp³-hybridized carbons (Fsp3) is 0.625. The van der Waals surface area contributed by atoms with E-state index in [1.165, 1.54) is 0 Å². The van der Waals surface area contributed by atoms with Crippen molar-refractivity contribution >= 4 is 35.7 Å². The minimum atomic E-state index is -1.52. The average molecular weight is 445 g/mol. The Morgan fingerprint density at radius 2 is 1.26 bits per heavy atom. The zero-order chi connectivity index (χ0) is 24.0. The van der Waals surface area contributed by atoms with E-state index in [0.29, 0.717) is 6.42 Å². The van der Waals surface area contributed by atoms with Crippen LogP contribution in [0.4, 0.5) is 0 Å². The van der Waals surface area contributed by atoms with Crippen molar-refractivity contribution in [2.45, 2.75) is 50.2 Å². The molecule has 31 heavy (non-hydrogen) atoms. The zero-order valence-electron chi connectivity index (χ0n) is 17.0. The van der Waals surface area contributed by atoms with Crippen LogP contribution < -0.4 is 39.3 Å². The van der Waals surface area contributed by atoms with Gasteiger partial charge in [-0.25, -0.2) is 4.79 Å². The number of amides is 2. The van der Waals surface area contributed by atoms with E-state index in [1.54, 1.807) is 0 Å². The third kappa shape index (κ3) is 13.3. The topological polar surface area (TPSA) is 288 Å². The highest BCUT2D eigenvalue weighted by Crippen LogP contribution is 2.03. The predicted octanol–water partition coefficient (Wildman–Crippen LogP) is -4.05. The summed E-state index contributed by atoms with van der Waals surface area (Å²) >= 11 is 0. The summed E-state index contributed by atoms with van der Waals surface area (Å²) < 4.78 is 0. The van der Waals surface area contributed by atoms with Crippen molar-refractivity contribution in [3.63, 3.8) is 0 Å². The summed E-state index contributed by atoms with van der Waals surface area (Å²) in [5.41, 5.74) is 26.5. The number of carboxylic acid groups (broad SMARTS) is 2. The molecule has 176 valence electrons. The summed E-state index contributed by atoms with van der Waals surface area (Å²) in [4.78, 5) is 54.5. The zero-order valence-corrected chi connectivity index (χ0v) is 17.0. The molecule has 0 spiro atoms. The lowest BCUT2D eigenvalue weighted by molar-refractivity contribution is -0.143. The van der Waals surface area contributed by atoms with Gasteiger partial charge in [-0.1, -0.05) is 0 Å². The molecule has 0 saturated heterocycles. The van der Waals surface area contributed by atoms with Crippen molar-refractivity contribution in [3.8, 4) is 0 Å². The second-order valence-electron chi connectivity index (χ2n) is 6.56. The van der Waals surface area contributed by atoms with Crippen molar-refractivity contribution in [1.29, 1.82) is 0 Å². The van der Waals surface area contributed by atoms with Crippen LogP contribution in [0.3, 0.4) is 0 Å². The number of rotatable bonds is 15. The summed E-state index contributed by atoms with van der Waals surface area (Å²) in [5, 5.41) is 22.7. The molecule has 3 atom stereocenters. The van der Waals surface area contributed by atoms with E-state index in [-0.39, 0.29) is 44.3 Å². The van der Waals surface area contributed by atoms with E-state index in [1.807, 2.05) is 0 Å². The fourth-order valence-electron chi connectivity index (χ4n) is 2.35. The molecule has 15 heteroatoms. The minimum absolute atomic E-state index is 0.0180. The minimum Gasteiger partial charge on any atom is -0.481 e. The molecule has 0 unspecified atom stereocenters. The maximum atomic E-state index is 12.4. The van der Waals surface area contributed by atoms with E-state index < -0.39 is 48.3 Å². The first-order chi connectivity index (χ1) is 14.4. The smallest absolute Gasteiger partial charge is 0.326 e. The summed E-state index contributed by atoms with van der Waals surface area (Å²) in [7, 11) is 0. The van der Waals surface area contributed by atoms with Crippen molar-refractivity contribution in [1.82, 2.24) is 10.6 Å². The van der Waals surface area contributed by atoms with E-state index in [0.717, 1.165) is 0 Å². The number of carbonyl (C=O) groups is 4. The third-order valence-electron chi connectivity index (χ3n) is 3.88. The van der Waals surface area contributed by atoms with E-state index in [2.05, 4.69) is 20.6 Å². The average Bonchev–Trinajstić information content (AvgIpc) is 2.65. The summed E-state index contributed by atoms with van der Waals surface area (Å²) in [6.45, 7) is 0.383. The number of carboxylic acids is 2. The lowest BCUT2D eigenvalue weighted by atomic mass is 10.1. The Labute approximate surface area is 178 Å². The van der Waals surface area contributed by atoms with Gasteiger partial charge in [0.15, 0.2) is 11.9 Å². The number of aliphatic carboxylic acids is 2. The normalized spacial score (nSPS) is 13.2. The van der Waals surface area contributed by atoms with Crippen LogP contribution in [-0.4, -0.2) is 77.1 Å². The second-order valence-corrected chi connectivity index (χ2v) is 6.56. The van der Waals surface area contributed by atoms with Gasteiger partial charge in [0.1, 0.15) is 12.1 Å². The van der Waals surface area contributed by atoms with Crippen LogP contribution in [-0.2, 0) is 19.2 Å². The van der Waals surface area contributed by atoms with Gasteiger partial charge in [0.2, 0.25) is 11.8 Å². The third-order valence-corrected chi connectivity index (χ3v) is 3.88. The maximum absolute atomic E-state index is 12.4. The molecule has 2 amide bonds. The van der Waals surface area contributed by atoms with Gasteiger partial charge in [0, 0.05) is 13.1 Å². The van der Waals surface area contributed by atoms with Crippen LogP contribution in [0.1, 0.15) is 32.1 Å². The maximum Gasteiger partial charge on any atom is 0.326 e. The molecule has 0 aliphatic carbocycles. The van der Waals surface area contributed by atoms with Crippen molar-refractivity contribution in [2.75, 3.05) is 13.1 Å². The highest BCUT2D eigenvalue weighted by molar-refractivity contribution is 5.93. The summed E-state index contributed by atoms with van der Waals surface area (Å²) in [6.07, 6.45) is 0.00599. The molecule has 0 heterocycles. The summed E-state index contributed by atoms with van der Waals surface area (Å²) in [5.74, 6) is -4.72. The molecular formula is C16H31N9O6. The Hall–Kier alpha value is -3.62. The molecule has 0 aromatic carbocycles. The Balaban J connectivity index is 4.94. The van der Waals surface area contributed by atoms with E-state index in [4.69, 9.17) is 33.8 Å². The number of carbonyl (C=O) groups excluding carboxylic acids is 2. The standard InChI is InChI=1S/C16H31N9O6/c17-8(3-1-5-22-15(18)19)12(28)25-10(7-11(26)27)13(29)24-9(14(30)31)4-2-6-23-16(20)21/h8-10H,1-7,17H2,(H,24,29)(H,25,28)(H,26,27)(H,30,31)(H4,18,19,22)(H4,20,21,23)/t8-,9-,10-/m0/s1. The molecule has 0 aromatic heterocycles. The lowest BCUT2D eigenvalue weighted by Gasteiger charge is -2.21. The Morgan fingerprint density at radius 1 is 0.774 bits per heavy atom. The molecule has 0 aliphatic rings. The lowest BCUT2D eigenvalue weighted by Crippen LogP contribution is -2.55. The predicted molar refractivity (Wildman–Crippen MR) is 112 cm³/mol. The van der Waals surface area contributed by atoms with Gasteiger partial charge in [-0.3, -0.25) is 24.4 Å². The first-order valence-electron chi connectivity index (χ1n) is 9.35. The van der Waals surface area contributed by atoms with Gasteiger partial charge < -0.3 is 49.5 Å². The monoisotopic (exact) mass is 445 g/mol. The molecular weight excluding hydrogens is 414 g/mol. The van der Waals surface area contributed by atoms with Crippen LogP contribution >= 0.6 is 0 Å². The van der Waals surface area contributed by atoms with Gasteiger partial charge in [0.05, 0.1) is 12.5 Å². The van der Waals surface area contributed by atoms with E-state index in [9.17, 15) is 24.3 Å². The Morgan fingerprint density at radius 3 is 1.71 bits per heavy atom. The van der Waals surface area contributed by atoms with Gasteiger partial charge in [0.25, 0.3) is 0 Å². The van der Waals surface area contributed by atoms with Gasteiger partial charge >= 0.3 is 11.9 Å². The molecule has 15 nitrogen and oxygen atoms in total. The molecule has 0 saturated carbocycles. The molecule has 14 N–H and O–H groups in total. The van der Waals surface area contributed by atoms with Crippen LogP contribution in [0.5, 0.6) is 0 Å². The van der Waals surface area contributed by atoms with Crippen molar-refractivity contribution in [2.24, 2.45) is 38.7 Å². The molecule has 0 aromatic rings. The van der Waals surface area contributed by atoms with Crippen LogP contribution in [0.2, 0.25) is 0 Å². The summed E-state index contributed by atoms with van der Waals surface area (Å²) in [6, 6.07) is -3.90. The van der Waals surface area contributed by atoms with Gasteiger partial charge in [-0.2, -0.15) is 0 Å². The van der Waals surface area contributed by atoms with Crippen LogP contribution in [0.25, 0.3) is 0 Å². The number of hydrogen-bond donors (Lipinski definition) is 9. The van der Waals surface area contributed by atoms with E-state index >= 15 is 0 Å². The van der Waals surface area contributed by atoms with Crippen molar-refractivity contribution in [3.05, 3.63) is 0 Å². The number of guanidine groups is 2. The SMILES string of the molecule is NC(N)=NCCC[C@H](NC(=O)[C@H](CC(=O)O)NC(=O)[C@@H](N)CCCN=C(N)N)C(=O)O. The second kappa shape index (κ2) is 14.4. The largest absolute Gasteiger partial charge is 0.481 e. The first-order valence-corrected chi connectivity index (χ1v) is 9.35. The molecule has 0 aliphatic heterocycles. The number of nitrogens with one attached hydrogen (secondary N) is 2. The van der Waals surface area contributed by atoms with Crippen LogP contribution in [0, 0.1) is 0 Å². The number of hydrogen-bond acceptors (Lipinski definition) is 7. The highest BCUT2D eigenvalue weighted by atomic mass is 16.4. The molecule has 0 rings (SSSR count). The Kier molecular flexibility index (Phi) is 12.7.